The Morgan fingerprint density at radius 2 is 2.00 bits per heavy atom. The second kappa shape index (κ2) is 6.71. The van der Waals surface area contributed by atoms with Gasteiger partial charge in [-0.25, -0.2) is 0 Å². The molecule has 1 rings (SSSR count). The maximum absolute atomic E-state index is 12.3. The number of ether oxygens (including phenoxy) is 1. The predicted molar refractivity (Wildman–Crippen MR) is 77.8 cm³/mol. The average molecular weight is 270 g/mol. The summed E-state index contributed by atoms with van der Waals surface area (Å²) in [5, 5.41) is 0. The van der Waals surface area contributed by atoms with Crippen LogP contribution in [0.3, 0.4) is 0 Å². The highest BCUT2D eigenvalue weighted by Gasteiger charge is 2.55. The topological polar surface area (TPSA) is 55.6 Å². The van der Waals surface area contributed by atoms with Crippen LogP contribution in [0.4, 0.5) is 0 Å². The minimum absolute atomic E-state index is 0.0949. The Morgan fingerprint density at radius 3 is 2.42 bits per heavy atom. The van der Waals surface area contributed by atoms with Crippen molar-refractivity contribution in [2.24, 2.45) is 17.1 Å². The van der Waals surface area contributed by atoms with Crippen molar-refractivity contribution in [3.8, 4) is 0 Å². The van der Waals surface area contributed by atoms with E-state index in [1.165, 1.54) is 0 Å². The molecule has 0 heterocycles. The van der Waals surface area contributed by atoms with Gasteiger partial charge in [0.25, 0.3) is 0 Å². The highest BCUT2D eigenvalue weighted by atomic mass is 16.5. The molecule has 3 unspecified atom stereocenters. The molecule has 0 saturated heterocycles. The molecule has 4 heteroatoms. The van der Waals surface area contributed by atoms with Gasteiger partial charge in [0.15, 0.2) is 0 Å². The number of nitrogens with two attached hydrogens (primary N) is 1. The van der Waals surface area contributed by atoms with Crippen LogP contribution in [0.15, 0.2) is 0 Å². The zero-order valence-corrected chi connectivity index (χ0v) is 13.1. The summed E-state index contributed by atoms with van der Waals surface area (Å²) in [6, 6.07) is 0.292. The summed E-state index contributed by atoms with van der Waals surface area (Å²) >= 11 is 0. The van der Waals surface area contributed by atoms with Crippen molar-refractivity contribution in [1.82, 2.24) is 4.90 Å². The van der Waals surface area contributed by atoms with E-state index in [9.17, 15) is 4.79 Å². The third-order valence-corrected chi connectivity index (χ3v) is 5.02. The minimum Gasteiger partial charge on any atom is -0.378 e. The van der Waals surface area contributed by atoms with Gasteiger partial charge in [0.05, 0.1) is 6.10 Å². The van der Waals surface area contributed by atoms with Crippen LogP contribution in [-0.4, -0.2) is 43.2 Å². The van der Waals surface area contributed by atoms with Crippen molar-refractivity contribution < 1.29 is 9.53 Å². The molecular formula is C15H30N2O2. The number of hydrogen-bond acceptors (Lipinski definition) is 3. The maximum Gasteiger partial charge on any atom is 0.226 e. The van der Waals surface area contributed by atoms with Crippen LogP contribution in [0, 0.1) is 11.3 Å². The fraction of sp³-hybridized carbons (Fsp3) is 0.933. The Labute approximate surface area is 117 Å². The molecule has 3 atom stereocenters. The lowest BCUT2D eigenvalue weighted by Gasteiger charge is -2.58. The van der Waals surface area contributed by atoms with E-state index >= 15 is 0 Å². The first kappa shape index (κ1) is 16.4. The van der Waals surface area contributed by atoms with E-state index in [4.69, 9.17) is 10.5 Å². The molecule has 0 bridgehead atoms. The quantitative estimate of drug-likeness (QED) is 0.770. The highest BCUT2D eigenvalue weighted by Crippen LogP contribution is 2.51. The van der Waals surface area contributed by atoms with E-state index in [-0.39, 0.29) is 17.2 Å². The highest BCUT2D eigenvalue weighted by molar-refractivity contribution is 5.79. The molecule has 19 heavy (non-hydrogen) atoms. The molecule has 4 nitrogen and oxygen atoms in total. The summed E-state index contributed by atoms with van der Waals surface area (Å²) in [4.78, 5) is 14.2. The van der Waals surface area contributed by atoms with Gasteiger partial charge >= 0.3 is 0 Å². The average Bonchev–Trinajstić information content (AvgIpc) is 2.42. The smallest absolute Gasteiger partial charge is 0.226 e. The summed E-state index contributed by atoms with van der Waals surface area (Å²) in [5.41, 5.74) is 5.73. The van der Waals surface area contributed by atoms with Gasteiger partial charge < -0.3 is 15.4 Å². The fourth-order valence-corrected chi connectivity index (χ4v) is 3.48. The van der Waals surface area contributed by atoms with Gasteiger partial charge in [-0.1, -0.05) is 20.8 Å². The molecule has 0 aromatic rings. The molecule has 0 radical (unpaired) electrons. The number of hydrogen-bond donors (Lipinski definition) is 1. The summed E-state index contributed by atoms with van der Waals surface area (Å²) in [7, 11) is 1.92. The number of carbonyl (C=O) groups excluding carboxylic acids is 1. The van der Waals surface area contributed by atoms with Crippen LogP contribution < -0.4 is 5.73 Å². The van der Waals surface area contributed by atoms with Crippen LogP contribution in [0.1, 0.15) is 47.0 Å². The normalized spacial score (nSPS) is 26.6. The van der Waals surface area contributed by atoms with Gasteiger partial charge in [0.2, 0.25) is 5.91 Å². The van der Waals surface area contributed by atoms with Crippen molar-refractivity contribution in [2.45, 2.75) is 59.1 Å². The van der Waals surface area contributed by atoms with Crippen LogP contribution in [0.2, 0.25) is 0 Å². The lowest BCUT2D eigenvalue weighted by molar-refractivity contribution is -0.178. The predicted octanol–water partition coefficient (Wildman–Crippen LogP) is 2.02. The van der Waals surface area contributed by atoms with E-state index in [0.29, 0.717) is 18.7 Å². The second-order valence-corrected chi connectivity index (χ2v) is 5.72. The van der Waals surface area contributed by atoms with Crippen molar-refractivity contribution in [1.29, 1.82) is 0 Å². The molecule has 2 N–H and O–H groups in total. The molecule has 1 saturated carbocycles. The first-order valence-corrected chi connectivity index (χ1v) is 7.56. The third-order valence-electron chi connectivity index (χ3n) is 5.02. The summed E-state index contributed by atoms with van der Waals surface area (Å²) in [5.74, 6) is 0.0660. The summed E-state index contributed by atoms with van der Waals surface area (Å²) in [6.45, 7) is 9.50. The van der Waals surface area contributed by atoms with Crippen molar-refractivity contribution in [3.05, 3.63) is 0 Å². The van der Waals surface area contributed by atoms with Gasteiger partial charge in [0.1, 0.15) is 0 Å². The van der Waals surface area contributed by atoms with Crippen molar-refractivity contribution in [2.75, 3.05) is 20.2 Å². The molecular weight excluding hydrogens is 240 g/mol. The Hall–Kier alpha value is -0.610. The first-order chi connectivity index (χ1) is 8.98. The van der Waals surface area contributed by atoms with E-state index in [0.717, 1.165) is 25.9 Å². The molecule has 1 fully saturated rings. The van der Waals surface area contributed by atoms with Crippen molar-refractivity contribution in [3.63, 3.8) is 0 Å². The summed E-state index contributed by atoms with van der Waals surface area (Å²) < 4.78 is 5.86. The molecule has 1 aliphatic carbocycles. The molecule has 0 aliphatic heterocycles. The maximum atomic E-state index is 12.3. The summed E-state index contributed by atoms with van der Waals surface area (Å²) in [6.07, 6.45) is 3.34. The monoisotopic (exact) mass is 270 g/mol. The Bertz CT molecular complexity index is 303. The SMILES string of the molecule is CCOC1CC(N(C)C(=O)C(C)CN)C1(CC)CC. The lowest BCUT2D eigenvalue weighted by atomic mass is 9.58. The second-order valence-electron chi connectivity index (χ2n) is 5.72. The Morgan fingerprint density at radius 1 is 1.42 bits per heavy atom. The number of carbonyl (C=O) groups is 1. The number of nitrogens with zero attached hydrogens (tertiary/aromatic N) is 1. The van der Waals surface area contributed by atoms with Crippen molar-refractivity contribution >= 4 is 5.91 Å². The number of rotatable bonds is 7. The fourth-order valence-electron chi connectivity index (χ4n) is 3.48. The molecule has 1 amide bonds. The standard InChI is InChI=1S/C15H30N2O2/c1-6-15(7-2)12(9-13(15)19-8-3)17(5)14(18)11(4)10-16/h11-13H,6-10,16H2,1-5H3. The van der Waals surface area contributed by atoms with Gasteiger partial charge in [-0.05, 0) is 26.2 Å². The first-order valence-electron chi connectivity index (χ1n) is 7.56. The Kier molecular flexibility index (Phi) is 5.81. The number of amides is 1. The van der Waals surface area contributed by atoms with Gasteiger partial charge in [-0.2, -0.15) is 0 Å². The van der Waals surface area contributed by atoms with Gasteiger partial charge in [0, 0.05) is 37.6 Å². The zero-order chi connectivity index (χ0) is 14.6. The molecule has 0 aromatic heterocycles. The third kappa shape index (κ3) is 2.79. The minimum atomic E-state index is -0.0949. The van der Waals surface area contributed by atoms with Crippen LogP contribution >= 0.6 is 0 Å². The van der Waals surface area contributed by atoms with Crippen LogP contribution in [0.5, 0.6) is 0 Å². The molecule has 112 valence electrons. The van der Waals surface area contributed by atoms with E-state index in [1.54, 1.807) is 0 Å². The molecule has 1 aliphatic rings. The van der Waals surface area contributed by atoms with Gasteiger partial charge in [-0.15, -0.1) is 0 Å². The largest absolute Gasteiger partial charge is 0.378 e. The Balaban J connectivity index is 2.81. The van der Waals surface area contributed by atoms with Gasteiger partial charge in [-0.3, -0.25) is 4.79 Å². The van der Waals surface area contributed by atoms with Crippen LogP contribution in [0.25, 0.3) is 0 Å². The zero-order valence-electron chi connectivity index (χ0n) is 13.1. The van der Waals surface area contributed by atoms with E-state index in [1.807, 2.05) is 25.8 Å². The van der Waals surface area contributed by atoms with Crippen LogP contribution in [-0.2, 0) is 9.53 Å². The lowest BCUT2D eigenvalue weighted by Crippen LogP contribution is -2.65. The molecule has 0 spiro atoms. The molecule has 0 aromatic carbocycles. The van der Waals surface area contributed by atoms with E-state index < -0.39 is 0 Å². The van der Waals surface area contributed by atoms with E-state index in [2.05, 4.69) is 13.8 Å².